The highest BCUT2D eigenvalue weighted by molar-refractivity contribution is 7.11. The fraction of sp³-hybridized carbons (Fsp3) is 0.583. The molecule has 1 atom stereocenters. The summed E-state index contributed by atoms with van der Waals surface area (Å²) in [4.78, 5) is 5.58. The first-order valence-electron chi connectivity index (χ1n) is 5.37. The van der Waals surface area contributed by atoms with Crippen molar-refractivity contribution in [3.63, 3.8) is 0 Å². The summed E-state index contributed by atoms with van der Waals surface area (Å²) in [6.07, 6.45) is 10.2. The molecule has 1 aromatic heterocycles. The maximum absolute atomic E-state index is 5.30. The van der Waals surface area contributed by atoms with Gasteiger partial charge in [0.1, 0.15) is 0 Å². The van der Waals surface area contributed by atoms with E-state index in [0.29, 0.717) is 6.04 Å². The quantitative estimate of drug-likeness (QED) is 0.749. The zero-order chi connectivity index (χ0) is 11.1. The maximum Gasteiger partial charge on any atom is 0.0897 e. The predicted molar refractivity (Wildman–Crippen MR) is 66.0 cm³/mol. The van der Waals surface area contributed by atoms with Crippen LogP contribution in [0.1, 0.15) is 42.1 Å². The molecular weight excluding hydrogens is 204 g/mol. The number of nitrogens with zero attached hydrogens (tertiary/aromatic N) is 1. The number of rotatable bonds is 6. The molecule has 2 nitrogen and oxygen atoms in total. The third-order valence-electron chi connectivity index (χ3n) is 2.20. The molecule has 0 aliphatic heterocycles. The Kier molecular flexibility index (Phi) is 5.38. The van der Waals surface area contributed by atoms with Crippen molar-refractivity contribution in [1.29, 1.82) is 0 Å². The van der Waals surface area contributed by atoms with Gasteiger partial charge in [0, 0.05) is 23.5 Å². The van der Waals surface area contributed by atoms with Crippen molar-refractivity contribution in [2.24, 2.45) is 0 Å². The maximum atomic E-state index is 5.30. The third kappa shape index (κ3) is 4.03. The minimum absolute atomic E-state index is 0.382. The molecular formula is C12H18N2S. The topological polar surface area (TPSA) is 24.9 Å². The zero-order valence-electron chi connectivity index (χ0n) is 9.42. The number of aryl methyl sites for hydroxylation is 1. The van der Waals surface area contributed by atoms with E-state index in [4.69, 9.17) is 6.42 Å². The summed E-state index contributed by atoms with van der Waals surface area (Å²) >= 11 is 1.75. The van der Waals surface area contributed by atoms with Crippen LogP contribution in [0.5, 0.6) is 0 Å². The van der Waals surface area contributed by atoms with E-state index in [1.165, 1.54) is 4.88 Å². The molecule has 0 saturated carbocycles. The molecule has 0 bridgehead atoms. The Labute approximate surface area is 96.1 Å². The van der Waals surface area contributed by atoms with Crippen LogP contribution in [0.4, 0.5) is 0 Å². The van der Waals surface area contributed by atoms with Crippen LogP contribution in [-0.4, -0.2) is 11.5 Å². The van der Waals surface area contributed by atoms with Crippen molar-refractivity contribution in [2.75, 3.05) is 6.54 Å². The van der Waals surface area contributed by atoms with Crippen molar-refractivity contribution in [3.8, 4) is 12.3 Å². The molecule has 82 valence electrons. The molecule has 0 fully saturated rings. The number of thiazole rings is 1. The lowest BCUT2D eigenvalue weighted by molar-refractivity contribution is 0.512. The molecule has 15 heavy (non-hydrogen) atoms. The molecule has 0 aromatic carbocycles. The molecule has 0 radical (unpaired) electrons. The number of aromatic nitrogens is 1. The van der Waals surface area contributed by atoms with Gasteiger partial charge in [0.15, 0.2) is 0 Å². The highest BCUT2D eigenvalue weighted by Crippen LogP contribution is 2.24. The highest BCUT2D eigenvalue weighted by atomic mass is 32.1. The lowest BCUT2D eigenvalue weighted by Crippen LogP contribution is -2.21. The second-order valence-electron chi connectivity index (χ2n) is 3.53. The average Bonchev–Trinajstić information content (AvgIpc) is 2.65. The molecule has 0 aliphatic rings. The first kappa shape index (κ1) is 12.2. The van der Waals surface area contributed by atoms with Crippen molar-refractivity contribution < 1.29 is 0 Å². The number of hydrogen-bond acceptors (Lipinski definition) is 3. The molecule has 1 unspecified atom stereocenters. The van der Waals surface area contributed by atoms with Gasteiger partial charge in [0.05, 0.1) is 5.01 Å². The summed E-state index contributed by atoms with van der Waals surface area (Å²) < 4.78 is 0. The van der Waals surface area contributed by atoms with E-state index < -0.39 is 0 Å². The van der Waals surface area contributed by atoms with E-state index in [1.54, 1.807) is 11.3 Å². The van der Waals surface area contributed by atoms with Crippen LogP contribution in [-0.2, 0) is 0 Å². The third-order valence-corrected chi connectivity index (χ3v) is 3.23. The number of hydrogen-bond donors (Lipinski definition) is 1. The van der Waals surface area contributed by atoms with Gasteiger partial charge in [-0.1, -0.05) is 6.92 Å². The number of terminal acetylenes is 1. The summed E-state index contributed by atoms with van der Waals surface area (Å²) in [6, 6.07) is 0.382. The average molecular weight is 222 g/mol. The van der Waals surface area contributed by atoms with Crippen molar-refractivity contribution in [3.05, 3.63) is 16.1 Å². The summed E-state index contributed by atoms with van der Waals surface area (Å²) in [5, 5.41) is 4.63. The van der Waals surface area contributed by atoms with E-state index in [0.717, 1.165) is 30.8 Å². The minimum Gasteiger partial charge on any atom is -0.309 e. The predicted octanol–water partition coefficient (Wildman–Crippen LogP) is 2.91. The van der Waals surface area contributed by atoms with Gasteiger partial charge < -0.3 is 5.32 Å². The smallest absolute Gasteiger partial charge is 0.0897 e. The van der Waals surface area contributed by atoms with Gasteiger partial charge in [-0.15, -0.1) is 23.7 Å². The summed E-state index contributed by atoms with van der Waals surface area (Å²) in [7, 11) is 0. The van der Waals surface area contributed by atoms with Gasteiger partial charge in [-0.05, 0) is 26.3 Å². The van der Waals surface area contributed by atoms with E-state index in [-0.39, 0.29) is 0 Å². The Morgan fingerprint density at radius 2 is 2.47 bits per heavy atom. The van der Waals surface area contributed by atoms with Gasteiger partial charge in [0.2, 0.25) is 0 Å². The van der Waals surface area contributed by atoms with Gasteiger partial charge in [-0.3, -0.25) is 0 Å². The molecule has 1 heterocycles. The Bertz CT molecular complexity index is 325. The van der Waals surface area contributed by atoms with Gasteiger partial charge in [-0.2, -0.15) is 0 Å². The van der Waals surface area contributed by atoms with Crippen LogP contribution >= 0.6 is 11.3 Å². The van der Waals surface area contributed by atoms with E-state index in [9.17, 15) is 0 Å². The molecule has 1 aromatic rings. The Hall–Kier alpha value is -0.850. The summed E-state index contributed by atoms with van der Waals surface area (Å²) in [6.45, 7) is 5.24. The fourth-order valence-corrected chi connectivity index (χ4v) is 2.33. The summed E-state index contributed by atoms with van der Waals surface area (Å²) in [5.74, 6) is 2.70. The zero-order valence-corrected chi connectivity index (χ0v) is 10.2. The van der Waals surface area contributed by atoms with Crippen molar-refractivity contribution >= 4 is 11.3 Å². The van der Waals surface area contributed by atoms with Gasteiger partial charge >= 0.3 is 0 Å². The Morgan fingerprint density at radius 3 is 3.00 bits per heavy atom. The van der Waals surface area contributed by atoms with E-state index >= 15 is 0 Å². The monoisotopic (exact) mass is 222 g/mol. The van der Waals surface area contributed by atoms with Crippen LogP contribution in [0.3, 0.4) is 0 Å². The van der Waals surface area contributed by atoms with Crippen LogP contribution in [0, 0.1) is 19.3 Å². The standard InChI is InChI=1S/C12H18N2S/c1-4-6-7-11(13-8-5-2)12-9-14-10(3)15-12/h1,9,11,13H,5-8H2,2-3H3. The van der Waals surface area contributed by atoms with Crippen LogP contribution in [0.2, 0.25) is 0 Å². The van der Waals surface area contributed by atoms with Crippen molar-refractivity contribution in [2.45, 2.75) is 39.2 Å². The van der Waals surface area contributed by atoms with Gasteiger partial charge in [-0.25, -0.2) is 4.98 Å². The number of nitrogens with one attached hydrogen (secondary N) is 1. The second kappa shape index (κ2) is 6.60. The molecule has 3 heteroatoms. The molecule has 0 amide bonds. The Balaban J connectivity index is 2.59. The molecule has 0 spiro atoms. The largest absolute Gasteiger partial charge is 0.309 e. The molecule has 0 saturated heterocycles. The first-order chi connectivity index (χ1) is 7.27. The minimum atomic E-state index is 0.382. The molecule has 0 aliphatic carbocycles. The lowest BCUT2D eigenvalue weighted by atomic mass is 10.1. The van der Waals surface area contributed by atoms with Gasteiger partial charge in [0.25, 0.3) is 0 Å². The first-order valence-corrected chi connectivity index (χ1v) is 6.18. The SMILES string of the molecule is C#CCCC(NCCC)c1cnc(C)s1. The lowest BCUT2D eigenvalue weighted by Gasteiger charge is -2.15. The van der Waals surface area contributed by atoms with E-state index in [1.807, 2.05) is 13.1 Å². The van der Waals surface area contributed by atoms with Crippen LogP contribution in [0.15, 0.2) is 6.20 Å². The Morgan fingerprint density at radius 1 is 1.67 bits per heavy atom. The fourth-order valence-electron chi connectivity index (χ4n) is 1.43. The second-order valence-corrected chi connectivity index (χ2v) is 4.80. The molecule has 1 N–H and O–H groups in total. The highest BCUT2D eigenvalue weighted by Gasteiger charge is 2.12. The van der Waals surface area contributed by atoms with Crippen LogP contribution < -0.4 is 5.32 Å². The normalized spacial score (nSPS) is 12.3. The van der Waals surface area contributed by atoms with Crippen LogP contribution in [0.25, 0.3) is 0 Å². The molecule has 1 rings (SSSR count). The summed E-state index contributed by atoms with van der Waals surface area (Å²) in [5.41, 5.74) is 0. The van der Waals surface area contributed by atoms with E-state index in [2.05, 4.69) is 23.1 Å². The van der Waals surface area contributed by atoms with Crippen molar-refractivity contribution in [1.82, 2.24) is 10.3 Å².